The Bertz CT molecular complexity index is 511. The van der Waals surface area contributed by atoms with Crippen LogP contribution in [0.3, 0.4) is 0 Å². The minimum atomic E-state index is -0.475. The van der Waals surface area contributed by atoms with Crippen molar-refractivity contribution in [1.29, 1.82) is 0 Å². The summed E-state index contributed by atoms with van der Waals surface area (Å²) in [6, 6.07) is 8.48. The van der Waals surface area contributed by atoms with Crippen molar-refractivity contribution < 1.29 is 9.53 Å². The maximum Gasteiger partial charge on any atom is 0.312 e. The number of rotatable bonds is 2. The molecule has 1 aliphatic rings. The molecule has 2 heteroatoms. The van der Waals surface area contributed by atoms with E-state index in [0.29, 0.717) is 0 Å². The van der Waals surface area contributed by atoms with Crippen LogP contribution in [0.4, 0.5) is 0 Å². The largest absolute Gasteiger partial charge is 0.453 e. The molecule has 1 atom stereocenters. The molecule has 116 valence electrons. The van der Waals surface area contributed by atoms with Crippen LogP contribution in [0.5, 0.6) is 0 Å². The van der Waals surface area contributed by atoms with Gasteiger partial charge in [-0.3, -0.25) is 4.79 Å². The zero-order valence-electron chi connectivity index (χ0n) is 14.0. The monoisotopic (exact) mass is 288 g/mol. The molecule has 0 saturated heterocycles. The first kappa shape index (κ1) is 16.1. The number of carbonyl (C=O) groups excluding carboxylic acids is 1. The van der Waals surface area contributed by atoms with Gasteiger partial charge in [0.2, 0.25) is 0 Å². The van der Waals surface area contributed by atoms with Crippen LogP contribution in [0, 0.1) is 11.3 Å². The van der Waals surface area contributed by atoms with E-state index in [9.17, 15) is 4.79 Å². The van der Waals surface area contributed by atoms with E-state index < -0.39 is 11.0 Å². The lowest BCUT2D eigenvalue weighted by Crippen LogP contribution is -2.41. The highest BCUT2D eigenvalue weighted by Crippen LogP contribution is 2.44. The van der Waals surface area contributed by atoms with Crippen molar-refractivity contribution in [3.63, 3.8) is 0 Å². The van der Waals surface area contributed by atoms with Crippen LogP contribution in [0.1, 0.15) is 65.0 Å². The molecule has 21 heavy (non-hydrogen) atoms. The molecule has 0 fully saturated rings. The van der Waals surface area contributed by atoms with Gasteiger partial charge in [0.05, 0.1) is 5.41 Å². The molecule has 0 aliphatic heterocycles. The number of hydrogen-bond acceptors (Lipinski definition) is 2. The Balaban J connectivity index is 2.49. The highest BCUT2D eigenvalue weighted by Gasteiger charge is 2.43. The van der Waals surface area contributed by atoms with E-state index in [2.05, 4.69) is 38.1 Å². The van der Waals surface area contributed by atoms with Crippen molar-refractivity contribution in [3.8, 4) is 0 Å². The summed E-state index contributed by atoms with van der Waals surface area (Å²) in [4.78, 5) is 12.5. The molecule has 1 aliphatic carbocycles. The SMILES string of the molecule is CC(C)C1(OC(=O)C(C)(C)C)CCCCc2ccccc21. The van der Waals surface area contributed by atoms with E-state index in [1.54, 1.807) is 0 Å². The third kappa shape index (κ3) is 3.14. The van der Waals surface area contributed by atoms with Gasteiger partial charge in [-0.25, -0.2) is 0 Å². The molecule has 0 aromatic heterocycles. The normalized spacial score (nSPS) is 22.6. The first-order valence-corrected chi connectivity index (χ1v) is 8.09. The molecule has 1 aromatic rings. The van der Waals surface area contributed by atoms with Crippen LogP contribution in [0.25, 0.3) is 0 Å². The second-order valence-electron chi connectivity index (χ2n) is 7.55. The zero-order valence-corrected chi connectivity index (χ0v) is 14.0. The third-order valence-electron chi connectivity index (χ3n) is 4.54. The molecular formula is C19H28O2. The van der Waals surface area contributed by atoms with Gasteiger partial charge >= 0.3 is 5.97 Å². The second kappa shape index (κ2) is 5.82. The van der Waals surface area contributed by atoms with E-state index in [1.807, 2.05) is 20.8 Å². The Hall–Kier alpha value is -1.31. The summed E-state index contributed by atoms with van der Waals surface area (Å²) in [5, 5.41) is 0. The minimum absolute atomic E-state index is 0.104. The quantitative estimate of drug-likeness (QED) is 0.574. The molecular weight excluding hydrogens is 260 g/mol. The van der Waals surface area contributed by atoms with Crippen LogP contribution in [-0.2, 0) is 21.6 Å². The molecule has 0 spiro atoms. The van der Waals surface area contributed by atoms with Gasteiger partial charge in [0, 0.05) is 0 Å². The molecule has 1 aromatic carbocycles. The second-order valence-corrected chi connectivity index (χ2v) is 7.55. The van der Waals surface area contributed by atoms with Crippen molar-refractivity contribution in [2.45, 2.75) is 65.9 Å². The first-order valence-electron chi connectivity index (χ1n) is 8.09. The predicted octanol–water partition coefficient (Wildman–Crippen LogP) is 4.85. The van der Waals surface area contributed by atoms with Crippen LogP contribution in [0.15, 0.2) is 24.3 Å². The molecule has 2 nitrogen and oxygen atoms in total. The maximum atomic E-state index is 12.5. The summed E-state index contributed by atoms with van der Waals surface area (Å²) in [6.07, 6.45) is 4.27. The third-order valence-corrected chi connectivity index (χ3v) is 4.54. The van der Waals surface area contributed by atoms with Crippen molar-refractivity contribution in [3.05, 3.63) is 35.4 Å². The van der Waals surface area contributed by atoms with Gasteiger partial charge in [-0.1, -0.05) is 38.1 Å². The summed E-state index contributed by atoms with van der Waals surface area (Å²) in [5.74, 6) is 0.163. The summed E-state index contributed by atoms with van der Waals surface area (Å²) >= 11 is 0. The standard InChI is InChI=1S/C19H28O2/c1-14(2)19(21-17(20)18(3,4)5)13-9-8-11-15-10-6-7-12-16(15)19/h6-7,10,12,14H,8-9,11,13H2,1-5H3. The van der Waals surface area contributed by atoms with E-state index in [4.69, 9.17) is 4.74 Å². The topological polar surface area (TPSA) is 26.3 Å². The van der Waals surface area contributed by atoms with Crippen molar-refractivity contribution >= 4 is 5.97 Å². The predicted molar refractivity (Wildman–Crippen MR) is 86.1 cm³/mol. The van der Waals surface area contributed by atoms with Gasteiger partial charge in [-0.2, -0.15) is 0 Å². The van der Waals surface area contributed by atoms with E-state index in [0.717, 1.165) is 19.3 Å². The number of esters is 1. The van der Waals surface area contributed by atoms with Gasteiger partial charge in [-0.05, 0) is 63.5 Å². The maximum absolute atomic E-state index is 12.5. The lowest BCUT2D eigenvalue weighted by atomic mass is 9.78. The van der Waals surface area contributed by atoms with E-state index >= 15 is 0 Å². The molecule has 0 saturated carbocycles. The van der Waals surface area contributed by atoms with Crippen molar-refractivity contribution in [2.24, 2.45) is 11.3 Å². The molecule has 0 heterocycles. The first-order chi connectivity index (χ1) is 9.77. The summed E-state index contributed by atoms with van der Waals surface area (Å²) < 4.78 is 6.17. The number of ether oxygens (including phenoxy) is 1. The summed E-state index contributed by atoms with van der Waals surface area (Å²) in [6.45, 7) is 10.1. The molecule has 0 bridgehead atoms. The van der Waals surface area contributed by atoms with Crippen LogP contribution in [0.2, 0.25) is 0 Å². The van der Waals surface area contributed by atoms with Crippen molar-refractivity contribution in [2.75, 3.05) is 0 Å². The number of fused-ring (bicyclic) bond motifs is 1. The Morgan fingerprint density at radius 3 is 2.48 bits per heavy atom. The minimum Gasteiger partial charge on any atom is -0.453 e. The van der Waals surface area contributed by atoms with Crippen LogP contribution < -0.4 is 0 Å². The number of aryl methyl sites for hydroxylation is 1. The highest BCUT2D eigenvalue weighted by molar-refractivity contribution is 5.76. The smallest absolute Gasteiger partial charge is 0.312 e. The number of hydrogen-bond donors (Lipinski definition) is 0. The summed E-state index contributed by atoms with van der Waals surface area (Å²) in [7, 11) is 0. The average molecular weight is 288 g/mol. The molecule has 0 radical (unpaired) electrons. The fourth-order valence-electron chi connectivity index (χ4n) is 3.13. The van der Waals surface area contributed by atoms with Crippen molar-refractivity contribution in [1.82, 2.24) is 0 Å². The van der Waals surface area contributed by atoms with E-state index in [1.165, 1.54) is 17.5 Å². The molecule has 2 rings (SSSR count). The fourth-order valence-corrected chi connectivity index (χ4v) is 3.13. The zero-order chi connectivity index (χ0) is 15.7. The fraction of sp³-hybridized carbons (Fsp3) is 0.632. The Morgan fingerprint density at radius 1 is 1.19 bits per heavy atom. The molecule has 0 amide bonds. The Kier molecular flexibility index (Phi) is 4.46. The lowest BCUT2D eigenvalue weighted by Gasteiger charge is -2.39. The van der Waals surface area contributed by atoms with Gasteiger partial charge < -0.3 is 4.74 Å². The lowest BCUT2D eigenvalue weighted by molar-refractivity contribution is -0.178. The van der Waals surface area contributed by atoms with Gasteiger partial charge in [0.15, 0.2) is 0 Å². The van der Waals surface area contributed by atoms with Gasteiger partial charge in [-0.15, -0.1) is 0 Å². The van der Waals surface area contributed by atoms with Crippen LogP contribution in [-0.4, -0.2) is 5.97 Å². The summed E-state index contributed by atoms with van der Waals surface area (Å²) in [5.41, 5.74) is 1.61. The highest BCUT2D eigenvalue weighted by atomic mass is 16.6. The van der Waals surface area contributed by atoms with Gasteiger partial charge in [0.25, 0.3) is 0 Å². The number of benzene rings is 1. The average Bonchev–Trinajstić information content (AvgIpc) is 2.59. The van der Waals surface area contributed by atoms with Gasteiger partial charge in [0.1, 0.15) is 5.60 Å². The Morgan fingerprint density at radius 2 is 1.86 bits per heavy atom. The molecule has 0 N–H and O–H groups in total. The van der Waals surface area contributed by atoms with E-state index in [-0.39, 0.29) is 11.9 Å². The van der Waals surface area contributed by atoms with Crippen LogP contribution >= 0.6 is 0 Å². The Labute approximate surface area is 128 Å². The molecule has 1 unspecified atom stereocenters. The number of carbonyl (C=O) groups is 1.